The van der Waals surface area contributed by atoms with Crippen LogP contribution in [0.2, 0.25) is 0 Å². The van der Waals surface area contributed by atoms with Gasteiger partial charge in [-0.25, -0.2) is 4.39 Å². The summed E-state index contributed by atoms with van der Waals surface area (Å²) in [5, 5.41) is 3.24. The van der Waals surface area contributed by atoms with Crippen LogP contribution in [0, 0.1) is 5.82 Å². The van der Waals surface area contributed by atoms with E-state index in [1.54, 1.807) is 6.07 Å². The Labute approximate surface area is 97.5 Å². The molecule has 0 saturated carbocycles. The number of halogens is 2. The number of unbranched alkanes of at least 4 members (excludes halogenated alkanes) is 2. The second-order valence-corrected chi connectivity index (χ2v) is 3.48. The number of benzene rings is 1. The van der Waals surface area contributed by atoms with Crippen LogP contribution < -0.4 is 5.32 Å². The van der Waals surface area contributed by atoms with Crippen molar-refractivity contribution >= 4 is 12.4 Å². The van der Waals surface area contributed by atoms with E-state index in [2.05, 4.69) is 12.2 Å². The minimum atomic E-state index is -0.115. The third kappa shape index (κ3) is 5.75. The Kier molecular flexibility index (Phi) is 8.34. The van der Waals surface area contributed by atoms with Crippen LogP contribution in [0.25, 0.3) is 0 Å². The van der Waals surface area contributed by atoms with Gasteiger partial charge in [-0.2, -0.15) is 0 Å². The zero-order chi connectivity index (χ0) is 10.2. The second kappa shape index (κ2) is 8.69. The molecular weight excluding hydrogens is 213 g/mol. The monoisotopic (exact) mass is 231 g/mol. The van der Waals surface area contributed by atoms with Gasteiger partial charge < -0.3 is 5.32 Å². The van der Waals surface area contributed by atoms with Crippen molar-refractivity contribution in [2.45, 2.75) is 32.7 Å². The molecule has 0 atom stereocenters. The predicted molar refractivity (Wildman–Crippen MR) is 64.9 cm³/mol. The van der Waals surface area contributed by atoms with E-state index in [1.807, 2.05) is 12.1 Å². The summed E-state index contributed by atoms with van der Waals surface area (Å²) in [6, 6.07) is 6.91. The summed E-state index contributed by atoms with van der Waals surface area (Å²) in [5.41, 5.74) is 0.754. The SMILES string of the molecule is CCCCCNCc1ccccc1F.Cl. The maximum Gasteiger partial charge on any atom is 0.127 e. The number of rotatable bonds is 6. The quantitative estimate of drug-likeness (QED) is 0.739. The van der Waals surface area contributed by atoms with E-state index in [9.17, 15) is 4.39 Å². The molecule has 0 fully saturated rings. The molecule has 1 N–H and O–H groups in total. The fourth-order valence-electron chi connectivity index (χ4n) is 1.36. The summed E-state index contributed by atoms with van der Waals surface area (Å²) in [5.74, 6) is -0.115. The molecule has 0 unspecified atom stereocenters. The molecular formula is C12H19ClFN. The highest BCUT2D eigenvalue weighted by molar-refractivity contribution is 5.85. The van der Waals surface area contributed by atoms with Gasteiger partial charge in [0.2, 0.25) is 0 Å². The highest BCUT2D eigenvalue weighted by Gasteiger charge is 1.98. The molecule has 0 aliphatic carbocycles. The fraction of sp³-hybridized carbons (Fsp3) is 0.500. The molecule has 1 aromatic rings. The average molecular weight is 232 g/mol. The molecule has 0 aliphatic rings. The Morgan fingerprint density at radius 1 is 1.20 bits per heavy atom. The Hall–Kier alpha value is -0.600. The number of hydrogen-bond donors (Lipinski definition) is 1. The Morgan fingerprint density at radius 2 is 1.93 bits per heavy atom. The minimum absolute atomic E-state index is 0. The first kappa shape index (κ1) is 14.4. The molecule has 0 spiro atoms. The van der Waals surface area contributed by atoms with Crippen LogP contribution in [0.3, 0.4) is 0 Å². The molecule has 3 heteroatoms. The van der Waals surface area contributed by atoms with Gasteiger partial charge in [-0.05, 0) is 19.0 Å². The van der Waals surface area contributed by atoms with Crippen molar-refractivity contribution in [3.8, 4) is 0 Å². The zero-order valence-corrected chi connectivity index (χ0v) is 9.95. The molecule has 0 aromatic heterocycles. The fourth-order valence-corrected chi connectivity index (χ4v) is 1.36. The number of nitrogens with one attached hydrogen (secondary N) is 1. The standard InChI is InChI=1S/C12H18FN.ClH/c1-2-3-6-9-14-10-11-7-4-5-8-12(11)13;/h4-5,7-8,14H,2-3,6,9-10H2,1H3;1H. The van der Waals surface area contributed by atoms with Crippen molar-refractivity contribution in [2.75, 3.05) is 6.54 Å². The van der Waals surface area contributed by atoms with E-state index in [4.69, 9.17) is 0 Å². The molecule has 0 amide bonds. The summed E-state index contributed by atoms with van der Waals surface area (Å²) in [4.78, 5) is 0. The molecule has 1 nitrogen and oxygen atoms in total. The Bertz CT molecular complexity index is 266. The molecule has 0 saturated heterocycles. The van der Waals surface area contributed by atoms with E-state index in [1.165, 1.54) is 25.3 Å². The summed E-state index contributed by atoms with van der Waals surface area (Å²) >= 11 is 0. The smallest absolute Gasteiger partial charge is 0.127 e. The lowest BCUT2D eigenvalue weighted by molar-refractivity contribution is 0.573. The van der Waals surface area contributed by atoms with Gasteiger partial charge in [-0.15, -0.1) is 12.4 Å². The van der Waals surface area contributed by atoms with E-state index >= 15 is 0 Å². The molecule has 0 bridgehead atoms. The van der Waals surface area contributed by atoms with Crippen molar-refractivity contribution < 1.29 is 4.39 Å². The van der Waals surface area contributed by atoms with Gasteiger partial charge in [-0.1, -0.05) is 38.0 Å². The summed E-state index contributed by atoms with van der Waals surface area (Å²) in [7, 11) is 0. The molecule has 0 aliphatic heterocycles. The van der Waals surface area contributed by atoms with Gasteiger partial charge in [0.25, 0.3) is 0 Å². The van der Waals surface area contributed by atoms with Crippen molar-refractivity contribution in [1.82, 2.24) is 5.32 Å². The Morgan fingerprint density at radius 3 is 2.60 bits per heavy atom. The normalized spacial score (nSPS) is 9.73. The van der Waals surface area contributed by atoms with Gasteiger partial charge in [0.15, 0.2) is 0 Å². The third-order valence-electron chi connectivity index (χ3n) is 2.23. The van der Waals surface area contributed by atoms with Gasteiger partial charge in [0, 0.05) is 12.1 Å². The second-order valence-electron chi connectivity index (χ2n) is 3.48. The highest BCUT2D eigenvalue weighted by atomic mass is 35.5. The van der Waals surface area contributed by atoms with Gasteiger partial charge in [0.05, 0.1) is 0 Å². The average Bonchev–Trinajstić information content (AvgIpc) is 2.20. The van der Waals surface area contributed by atoms with Crippen molar-refractivity contribution in [3.63, 3.8) is 0 Å². The lowest BCUT2D eigenvalue weighted by atomic mass is 10.2. The number of hydrogen-bond acceptors (Lipinski definition) is 1. The molecule has 0 heterocycles. The van der Waals surface area contributed by atoms with Crippen LogP contribution in [0.1, 0.15) is 31.7 Å². The van der Waals surface area contributed by atoms with Crippen LogP contribution in [0.15, 0.2) is 24.3 Å². The van der Waals surface area contributed by atoms with Crippen molar-refractivity contribution in [1.29, 1.82) is 0 Å². The molecule has 1 aromatic carbocycles. The van der Waals surface area contributed by atoms with Crippen LogP contribution >= 0.6 is 12.4 Å². The van der Waals surface area contributed by atoms with Crippen molar-refractivity contribution in [3.05, 3.63) is 35.6 Å². The van der Waals surface area contributed by atoms with E-state index in [-0.39, 0.29) is 18.2 Å². The first-order valence-electron chi connectivity index (χ1n) is 5.28. The maximum absolute atomic E-state index is 13.1. The van der Waals surface area contributed by atoms with Crippen LogP contribution in [-0.4, -0.2) is 6.54 Å². The topological polar surface area (TPSA) is 12.0 Å². The van der Waals surface area contributed by atoms with Gasteiger partial charge in [-0.3, -0.25) is 0 Å². The first-order valence-corrected chi connectivity index (χ1v) is 5.28. The third-order valence-corrected chi connectivity index (χ3v) is 2.23. The summed E-state index contributed by atoms with van der Waals surface area (Å²) in [6.07, 6.45) is 3.64. The van der Waals surface area contributed by atoms with Gasteiger partial charge >= 0.3 is 0 Å². The Balaban J connectivity index is 0.00000196. The summed E-state index contributed by atoms with van der Waals surface area (Å²) in [6.45, 7) is 3.79. The van der Waals surface area contributed by atoms with Crippen LogP contribution in [-0.2, 0) is 6.54 Å². The molecule has 1 rings (SSSR count). The van der Waals surface area contributed by atoms with E-state index in [0.29, 0.717) is 6.54 Å². The molecule has 15 heavy (non-hydrogen) atoms. The largest absolute Gasteiger partial charge is 0.313 e. The molecule has 0 radical (unpaired) electrons. The van der Waals surface area contributed by atoms with Crippen LogP contribution in [0.5, 0.6) is 0 Å². The lowest BCUT2D eigenvalue weighted by Crippen LogP contribution is -2.15. The first-order chi connectivity index (χ1) is 6.84. The lowest BCUT2D eigenvalue weighted by Gasteiger charge is -2.04. The summed E-state index contributed by atoms with van der Waals surface area (Å²) < 4.78 is 13.1. The molecule has 86 valence electrons. The van der Waals surface area contributed by atoms with E-state index in [0.717, 1.165) is 12.1 Å². The van der Waals surface area contributed by atoms with Gasteiger partial charge in [0.1, 0.15) is 5.82 Å². The predicted octanol–water partition coefficient (Wildman–Crippen LogP) is 3.53. The zero-order valence-electron chi connectivity index (χ0n) is 9.13. The maximum atomic E-state index is 13.1. The van der Waals surface area contributed by atoms with E-state index < -0.39 is 0 Å². The minimum Gasteiger partial charge on any atom is -0.313 e. The van der Waals surface area contributed by atoms with Crippen molar-refractivity contribution in [2.24, 2.45) is 0 Å². The highest BCUT2D eigenvalue weighted by Crippen LogP contribution is 2.05. The van der Waals surface area contributed by atoms with Crippen LogP contribution in [0.4, 0.5) is 4.39 Å².